The third-order valence-electron chi connectivity index (χ3n) is 4.12. The number of rotatable bonds is 7. The fourth-order valence-electron chi connectivity index (χ4n) is 2.52. The van der Waals surface area contributed by atoms with Crippen LogP contribution < -0.4 is 14.8 Å². The molecule has 3 aromatic carbocycles. The molecule has 162 valence electrons. The van der Waals surface area contributed by atoms with Gasteiger partial charge in [0.2, 0.25) is 0 Å². The van der Waals surface area contributed by atoms with Gasteiger partial charge in [0, 0.05) is 10.7 Å². The third-order valence-corrected chi connectivity index (χ3v) is 6.58. The first-order valence-corrected chi connectivity index (χ1v) is 11.6. The van der Waals surface area contributed by atoms with E-state index in [4.69, 9.17) is 39.5 Å². The molecule has 0 aliphatic carbocycles. The molecule has 0 spiro atoms. The first-order chi connectivity index (χ1) is 14.7. The van der Waals surface area contributed by atoms with Gasteiger partial charge in [0.1, 0.15) is 5.75 Å². The average molecular weight is 500 g/mol. The van der Waals surface area contributed by atoms with Gasteiger partial charge < -0.3 is 10.1 Å². The lowest BCUT2D eigenvalue weighted by Crippen LogP contribution is -2.30. The summed E-state index contributed by atoms with van der Waals surface area (Å²) in [5, 5.41) is 3.57. The summed E-state index contributed by atoms with van der Waals surface area (Å²) in [5.74, 6) is 0.105. The molecule has 0 aromatic heterocycles. The molecule has 2 N–H and O–H groups in total. The van der Waals surface area contributed by atoms with Crippen LogP contribution in [0.4, 0.5) is 11.4 Å². The highest BCUT2D eigenvalue weighted by molar-refractivity contribution is 7.92. The van der Waals surface area contributed by atoms with Crippen molar-refractivity contribution in [1.29, 1.82) is 0 Å². The molecule has 0 radical (unpaired) electrons. The zero-order valence-electron chi connectivity index (χ0n) is 16.1. The molecular weight excluding hydrogens is 483 g/mol. The Bertz CT molecular complexity index is 1180. The van der Waals surface area contributed by atoms with Crippen LogP contribution in [0, 0.1) is 0 Å². The molecule has 3 rings (SSSR count). The maximum Gasteiger partial charge on any atom is 0.265 e. The summed E-state index contributed by atoms with van der Waals surface area (Å²) in [5.41, 5.74) is 0.580. The number of benzene rings is 3. The Morgan fingerprint density at radius 2 is 1.58 bits per heavy atom. The minimum atomic E-state index is -3.90. The predicted octanol–water partition coefficient (Wildman–Crippen LogP) is 5.85. The van der Waals surface area contributed by atoms with Gasteiger partial charge >= 0.3 is 0 Å². The summed E-state index contributed by atoms with van der Waals surface area (Å²) in [6.07, 6.45) is -0.781. The lowest BCUT2D eigenvalue weighted by molar-refractivity contribution is -0.122. The number of hydrogen-bond acceptors (Lipinski definition) is 4. The van der Waals surface area contributed by atoms with Crippen LogP contribution >= 0.6 is 34.8 Å². The van der Waals surface area contributed by atoms with Crippen LogP contribution in [0.1, 0.15) is 6.92 Å². The van der Waals surface area contributed by atoms with Gasteiger partial charge in [0.25, 0.3) is 15.9 Å². The number of nitrogens with one attached hydrogen (secondary N) is 2. The maximum absolute atomic E-state index is 12.6. The van der Waals surface area contributed by atoms with Crippen molar-refractivity contribution in [3.05, 3.63) is 81.8 Å². The highest BCUT2D eigenvalue weighted by Gasteiger charge is 2.18. The van der Waals surface area contributed by atoms with Gasteiger partial charge in [-0.1, -0.05) is 40.9 Å². The van der Waals surface area contributed by atoms with E-state index in [-0.39, 0.29) is 20.6 Å². The van der Waals surface area contributed by atoms with Gasteiger partial charge in [-0.2, -0.15) is 0 Å². The summed E-state index contributed by atoms with van der Waals surface area (Å²) >= 11 is 17.8. The van der Waals surface area contributed by atoms with E-state index in [0.717, 1.165) is 0 Å². The zero-order chi connectivity index (χ0) is 22.6. The smallest absolute Gasteiger partial charge is 0.265 e. The van der Waals surface area contributed by atoms with E-state index < -0.39 is 22.0 Å². The minimum Gasteiger partial charge on any atom is -0.481 e. The Kier molecular flexibility index (Phi) is 7.33. The summed E-state index contributed by atoms with van der Waals surface area (Å²) in [7, 11) is -3.90. The number of amides is 1. The first kappa shape index (κ1) is 23.2. The van der Waals surface area contributed by atoms with Crippen molar-refractivity contribution < 1.29 is 17.9 Å². The van der Waals surface area contributed by atoms with Crippen LogP contribution in [0.3, 0.4) is 0 Å². The second-order valence-electron chi connectivity index (χ2n) is 6.43. The molecule has 1 amide bonds. The lowest BCUT2D eigenvalue weighted by Gasteiger charge is -2.15. The van der Waals surface area contributed by atoms with E-state index in [2.05, 4.69) is 10.0 Å². The molecule has 0 bridgehead atoms. The molecule has 3 aromatic rings. The van der Waals surface area contributed by atoms with Gasteiger partial charge in [0.05, 0.1) is 20.6 Å². The first-order valence-electron chi connectivity index (χ1n) is 8.96. The van der Waals surface area contributed by atoms with Gasteiger partial charge in [-0.15, -0.1) is 0 Å². The van der Waals surface area contributed by atoms with Gasteiger partial charge in [0.15, 0.2) is 6.10 Å². The molecule has 0 aliphatic rings. The van der Waals surface area contributed by atoms with Crippen LogP contribution in [-0.2, 0) is 14.8 Å². The SMILES string of the molecule is C[C@@H](Oc1ccc(Cl)cc1)C(=O)Nc1ccc(S(=O)(=O)Nc2cccc(Cl)c2Cl)cc1. The van der Waals surface area contributed by atoms with Crippen LogP contribution in [0.5, 0.6) is 5.75 Å². The lowest BCUT2D eigenvalue weighted by atomic mass is 10.3. The molecule has 6 nitrogen and oxygen atoms in total. The van der Waals surface area contributed by atoms with E-state index in [1.165, 1.54) is 30.3 Å². The second-order valence-corrected chi connectivity index (χ2v) is 9.34. The number of sulfonamides is 1. The fourth-order valence-corrected chi connectivity index (χ4v) is 4.12. The van der Waals surface area contributed by atoms with Crippen molar-refractivity contribution in [2.24, 2.45) is 0 Å². The second kappa shape index (κ2) is 9.78. The number of halogens is 3. The fraction of sp³-hybridized carbons (Fsp3) is 0.0952. The Labute approximate surface area is 195 Å². The largest absolute Gasteiger partial charge is 0.481 e. The predicted molar refractivity (Wildman–Crippen MR) is 124 cm³/mol. The van der Waals surface area contributed by atoms with E-state index in [0.29, 0.717) is 16.5 Å². The van der Waals surface area contributed by atoms with Crippen molar-refractivity contribution in [2.75, 3.05) is 10.0 Å². The van der Waals surface area contributed by atoms with Crippen molar-refractivity contribution in [1.82, 2.24) is 0 Å². The minimum absolute atomic E-state index is 0.00740. The zero-order valence-corrected chi connectivity index (χ0v) is 19.2. The van der Waals surface area contributed by atoms with Crippen LogP contribution in [0.25, 0.3) is 0 Å². The normalized spacial score (nSPS) is 12.1. The summed E-state index contributed by atoms with van der Waals surface area (Å²) in [6, 6.07) is 16.9. The highest BCUT2D eigenvalue weighted by Crippen LogP contribution is 2.31. The van der Waals surface area contributed by atoms with Crippen LogP contribution in [0.15, 0.2) is 71.6 Å². The molecule has 0 aliphatic heterocycles. The van der Waals surface area contributed by atoms with Crippen LogP contribution in [0.2, 0.25) is 15.1 Å². The molecule has 0 fully saturated rings. The van der Waals surface area contributed by atoms with Crippen molar-refractivity contribution in [3.8, 4) is 5.75 Å². The molecule has 0 heterocycles. The summed E-state index contributed by atoms with van der Waals surface area (Å²) in [6.45, 7) is 1.60. The van der Waals surface area contributed by atoms with Gasteiger partial charge in [-0.05, 0) is 67.6 Å². The number of carbonyl (C=O) groups is 1. The molecule has 0 saturated heterocycles. The van der Waals surface area contributed by atoms with E-state index >= 15 is 0 Å². The Morgan fingerprint density at radius 1 is 0.935 bits per heavy atom. The Balaban J connectivity index is 1.65. The number of hydrogen-bond donors (Lipinski definition) is 2. The van der Waals surface area contributed by atoms with Crippen molar-refractivity contribution in [2.45, 2.75) is 17.9 Å². The number of anilines is 2. The summed E-state index contributed by atoms with van der Waals surface area (Å²) < 4.78 is 33.2. The number of ether oxygens (including phenoxy) is 1. The number of carbonyl (C=O) groups excluding carboxylic acids is 1. The molecule has 0 unspecified atom stereocenters. The monoisotopic (exact) mass is 498 g/mol. The highest BCUT2D eigenvalue weighted by atomic mass is 35.5. The third kappa shape index (κ3) is 6.04. The standard InChI is InChI=1S/C21H17Cl3N2O4S/c1-13(30-16-9-5-14(22)6-10-16)21(27)25-15-7-11-17(12-8-15)31(28,29)26-19-4-2-3-18(23)20(19)24/h2-13,26H,1H3,(H,25,27)/t13-/m1/s1. The van der Waals surface area contributed by atoms with Gasteiger partial charge in [-0.25, -0.2) is 8.42 Å². The van der Waals surface area contributed by atoms with E-state index in [1.54, 1.807) is 43.3 Å². The Morgan fingerprint density at radius 3 is 2.23 bits per heavy atom. The molecule has 31 heavy (non-hydrogen) atoms. The Hall–Kier alpha value is -2.45. The maximum atomic E-state index is 12.6. The van der Waals surface area contributed by atoms with E-state index in [9.17, 15) is 13.2 Å². The molecule has 1 atom stereocenters. The molecule has 0 saturated carbocycles. The summed E-state index contributed by atoms with van der Waals surface area (Å²) in [4.78, 5) is 12.3. The molecule has 10 heteroatoms. The topological polar surface area (TPSA) is 84.5 Å². The van der Waals surface area contributed by atoms with Gasteiger partial charge in [-0.3, -0.25) is 9.52 Å². The van der Waals surface area contributed by atoms with Crippen LogP contribution in [-0.4, -0.2) is 20.4 Å². The quantitative estimate of drug-likeness (QED) is 0.427. The molecular formula is C21H17Cl3N2O4S. The average Bonchev–Trinajstić information content (AvgIpc) is 2.73. The van der Waals surface area contributed by atoms with Crippen molar-refractivity contribution in [3.63, 3.8) is 0 Å². The van der Waals surface area contributed by atoms with E-state index in [1.807, 2.05) is 0 Å². The van der Waals surface area contributed by atoms with Crippen molar-refractivity contribution >= 4 is 62.1 Å².